The third-order valence-corrected chi connectivity index (χ3v) is 4.11. The van der Waals surface area contributed by atoms with Gasteiger partial charge >= 0.3 is 0 Å². The zero-order chi connectivity index (χ0) is 14.3. The molecule has 0 bridgehead atoms. The number of nitrogens with zero attached hydrogens (tertiary/aromatic N) is 1. The number of halogens is 2. The van der Waals surface area contributed by atoms with Gasteiger partial charge in [0.05, 0.1) is 11.4 Å². The van der Waals surface area contributed by atoms with Crippen molar-refractivity contribution < 1.29 is 4.79 Å². The third kappa shape index (κ3) is 2.25. The number of carbonyl (C=O) groups excluding carboxylic acids is 1. The van der Waals surface area contributed by atoms with Crippen LogP contribution in [0.3, 0.4) is 0 Å². The first-order valence-corrected chi connectivity index (χ1v) is 7.18. The summed E-state index contributed by atoms with van der Waals surface area (Å²) in [5, 5.41) is 3.46. The van der Waals surface area contributed by atoms with Crippen LogP contribution in [0.2, 0.25) is 5.02 Å². The van der Waals surface area contributed by atoms with E-state index in [1.54, 1.807) is 6.07 Å². The Labute approximate surface area is 129 Å². The molecular weight excluding hydrogens is 340 g/mol. The highest BCUT2D eigenvalue weighted by molar-refractivity contribution is 9.10. The van der Waals surface area contributed by atoms with Gasteiger partial charge in [-0.2, -0.15) is 0 Å². The number of carbonyl (C=O) groups is 1. The van der Waals surface area contributed by atoms with Crippen molar-refractivity contribution in [2.45, 2.75) is 6.92 Å². The molecule has 0 saturated carbocycles. The predicted octanol–water partition coefficient (Wildman–Crippen LogP) is 4.48. The monoisotopic (exact) mass is 348 g/mol. The molecular formula is C15H10BrClN2O. The predicted molar refractivity (Wildman–Crippen MR) is 85.2 cm³/mol. The van der Waals surface area contributed by atoms with Crippen molar-refractivity contribution in [1.82, 2.24) is 0 Å². The van der Waals surface area contributed by atoms with Crippen molar-refractivity contribution in [3.8, 4) is 0 Å². The van der Waals surface area contributed by atoms with E-state index in [0.29, 0.717) is 10.7 Å². The van der Waals surface area contributed by atoms with Gasteiger partial charge in [-0.25, -0.2) is 4.99 Å². The second-order valence-corrected chi connectivity index (χ2v) is 5.81. The Balaban J connectivity index is 2.11. The quantitative estimate of drug-likeness (QED) is 0.810. The summed E-state index contributed by atoms with van der Waals surface area (Å²) in [5.41, 5.74) is 3.55. The minimum Gasteiger partial charge on any atom is -0.320 e. The molecule has 0 saturated heterocycles. The van der Waals surface area contributed by atoms with Gasteiger partial charge in [-0.1, -0.05) is 27.5 Å². The molecule has 0 aliphatic carbocycles. The molecule has 0 atom stereocenters. The van der Waals surface area contributed by atoms with E-state index < -0.39 is 0 Å². The van der Waals surface area contributed by atoms with Gasteiger partial charge in [0, 0.05) is 15.1 Å². The summed E-state index contributed by atoms with van der Waals surface area (Å²) in [7, 11) is 0. The van der Waals surface area contributed by atoms with E-state index in [9.17, 15) is 4.79 Å². The standard InChI is InChI=1S/C15H10BrClN2O/c1-8-12(17)7-6-11-13(8)19-15(20)14(11)18-10-4-2-9(16)3-5-10/h2-7H,1H3,(H,18,19,20). The summed E-state index contributed by atoms with van der Waals surface area (Å²) in [5.74, 6) is -0.201. The van der Waals surface area contributed by atoms with Gasteiger partial charge in [0.2, 0.25) is 0 Å². The van der Waals surface area contributed by atoms with Crippen LogP contribution in [0.25, 0.3) is 0 Å². The summed E-state index contributed by atoms with van der Waals surface area (Å²) in [6.07, 6.45) is 0. The van der Waals surface area contributed by atoms with E-state index in [2.05, 4.69) is 26.2 Å². The van der Waals surface area contributed by atoms with Crippen LogP contribution in [-0.4, -0.2) is 11.6 Å². The first-order valence-electron chi connectivity index (χ1n) is 6.01. The Morgan fingerprint density at radius 3 is 2.55 bits per heavy atom. The fraction of sp³-hybridized carbons (Fsp3) is 0.0667. The maximum atomic E-state index is 12.1. The molecule has 1 heterocycles. The lowest BCUT2D eigenvalue weighted by Crippen LogP contribution is -2.13. The number of fused-ring (bicyclic) bond motifs is 1. The van der Waals surface area contributed by atoms with Crippen molar-refractivity contribution in [1.29, 1.82) is 0 Å². The molecule has 1 N–H and O–H groups in total. The summed E-state index contributed by atoms with van der Waals surface area (Å²) in [6.45, 7) is 1.88. The minimum absolute atomic E-state index is 0.201. The number of anilines is 1. The first-order chi connectivity index (χ1) is 9.56. The number of hydrogen-bond donors (Lipinski definition) is 1. The summed E-state index contributed by atoms with van der Waals surface area (Å²) >= 11 is 9.44. The SMILES string of the molecule is Cc1c(Cl)ccc2c1NC(=O)C2=Nc1ccc(Br)cc1. The van der Waals surface area contributed by atoms with Crippen molar-refractivity contribution >= 4 is 50.5 Å². The lowest BCUT2D eigenvalue weighted by molar-refractivity contribution is -0.110. The van der Waals surface area contributed by atoms with Gasteiger partial charge in [-0.15, -0.1) is 0 Å². The smallest absolute Gasteiger partial charge is 0.275 e. The number of aliphatic imine (C=N–C) groups is 1. The van der Waals surface area contributed by atoms with Gasteiger partial charge in [-0.05, 0) is 48.9 Å². The summed E-state index contributed by atoms with van der Waals surface area (Å²) in [4.78, 5) is 16.5. The third-order valence-electron chi connectivity index (χ3n) is 3.18. The second kappa shape index (κ2) is 5.04. The van der Waals surface area contributed by atoms with Crippen molar-refractivity contribution in [3.05, 3.63) is 57.0 Å². The maximum absolute atomic E-state index is 12.1. The molecule has 3 rings (SSSR count). The fourth-order valence-electron chi connectivity index (χ4n) is 2.10. The van der Waals surface area contributed by atoms with Crippen LogP contribution in [0.4, 0.5) is 11.4 Å². The van der Waals surface area contributed by atoms with Crippen LogP contribution < -0.4 is 5.32 Å². The normalized spacial score (nSPS) is 15.3. The van der Waals surface area contributed by atoms with Gasteiger partial charge in [0.15, 0.2) is 0 Å². The second-order valence-electron chi connectivity index (χ2n) is 4.49. The molecule has 2 aromatic rings. The molecule has 5 heteroatoms. The van der Waals surface area contributed by atoms with E-state index in [4.69, 9.17) is 11.6 Å². The van der Waals surface area contributed by atoms with Crippen LogP contribution in [0.5, 0.6) is 0 Å². The molecule has 0 radical (unpaired) electrons. The maximum Gasteiger partial charge on any atom is 0.275 e. The van der Waals surface area contributed by atoms with Crippen LogP contribution in [-0.2, 0) is 4.79 Å². The highest BCUT2D eigenvalue weighted by atomic mass is 79.9. The van der Waals surface area contributed by atoms with Crippen molar-refractivity contribution in [2.75, 3.05) is 5.32 Å². The fourth-order valence-corrected chi connectivity index (χ4v) is 2.52. The number of nitrogens with one attached hydrogen (secondary N) is 1. The van der Waals surface area contributed by atoms with E-state index in [-0.39, 0.29) is 5.91 Å². The van der Waals surface area contributed by atoms with Crippen LogP contribution in [0, 0.1) is 6.92 Å². The molecule has 1 aliphatic rings. The lowest BCUT2D eigenvalue weighted by atomic mass is 10.1. The van der Waals surface area contributed by atoms with E-state index in [1.807, 2.05) is 37.3 Å². The van der Waals surface area contributed by atoms with Crippen LogP contribution in [0.1, 0.15) is 11.1 Å². The Morgan fingerprint density at radius 1 is 1.15 bits per heavy atom. The topological polar surface area (TPSA) is 41.5 Å². The molecule has 1 amide bonds. The summed E-state index contributed by atoms with van der Waals surface area (Å²) in [6, 6.07) is 11.1. The molecule has 0 aromatic heterocycles. The molecule has 2 aromatic carbocycles. The highest BCUT2D eigenvalue weighted by Crippen LogP contribution is 2.33. The largest absolute Gasteiger partial charge is 0.320 e. The van der Waals surface area contributed by atoms with Crippen LogP contribution in [0.15, 0.2) is 45.9 Å². The van der Waals surface area contributed by atoms with Crippen molar-refractivity contribution in [2.24, 2.45) is 4.99 Å². The van der Waals surface area contributed by atoms with E-state index in [1.165, 1.54) is 0 Å². The molecule has 0 spiro atoms. The Hall–Kier alpha value is -1.65. The number of amides is 1. The van der Waals surface area contributed by atoms with Gasteiger partial charge < -0.3 is 5.32 Å². The highest BCUT2D eigenvalue weighted by Gasteiger charge is 2.27. The number of rotatable bonds is 1. The van der Waals surface area contributed by atoms with Crippen molar-refractivity contribution in [3.63, 3.8) is 0 Å². The summed E-state index contributed by atoms with van der Waals surface area (Å²) < 4.78 is 0.973. The molecule has 3 nitrogen and oxygen atoms in total. The minimum atomic E-state index is -0.201. The Bertz CT molecular complexity index is 738. The molecule has 100 valence electrons. The van der Waals surface area contributed by atoms with Gasteiger partial charge in [0.1, 0.15) is 5.71 Å². The van der Waals surface area contributed by atoms with E-state index >= 15 is 0 Å². The number of benzene rings is 2. The average molecular weight is 350 g/mol. The lowest BCUT2D eigenvalue weighted by Gasteiger charge is -2.04. The zero-order valence-electron chi connectivity index (χ0n) is 10.6. The molecule has 1 aliphatic heterocycles. The van der Waals surface area contributed by atoms with Crippen LogP contribution >= 0.6 is 27.5 Å². The molecule has 20 heavy (non-hydrogen) atoms. The Kier molecular flexibility index (Phi) is 3.36. The zero-order valence-corrected chi connectivity index (χ0v) is 12.9. The molecule has 0 unspecified atom stereocenters. The van der Waals surface area contributed by atoms with Gasteiger partial charge in [0.25, 0.3) is 5.91 Å². The van der Waals surface area contributed by atoms with E-state index in [0.717, 1.165) is 27.0 Å². The Morgan fingerprint density at radius 2 is 1.85 bits per heavy atom. The molecule has 0 fully saturated rings. The number of hydrogen-bond acceptors (Lipinski definition) is 2. The average Bonchev–Trinajstić information content (AvgIpc) is 2.74. The first kappa shape index (κ1) is 13.3. The van der Waals surface area contributed by atoms with Gasteiger partial charge in [-0.3, -0.25) is 4.79 Å².